The van der Waals surface area contributed by atoms with E-state index in [4.69, 9.17) is 14.2 Å². The molecule has 1 aliphatic carbocycles. The lowest BCUT2D eigenvalue weighted by atomic mass is 9.88. The maximum absolute atomic E-state index is 13.4. The van der Waals surface area contributed by atoms with Gasteiger partial charge in [0, 0.05) is 55.4 Å². The number of amides is 2. The molecule has 0 radical (unpaired) electrons. The van der Waals surface area contributed by atoms with Gasteiger partial charge < -0.3 is 39.6 Å². The first kappa shape index (κ1) is 31.5. The van der Waals surface area contributed by atoms with Crippen LogP contribution in [0, 0.1) is 3.57 Å². The Morgan fingerprint density at radius 2 is 2.00 bits per heavy atom. The number of carbonyl (C=O) groups excluding carboxylic acids is 3. The van der Waals surface area contributed by atoms with Gasteiger partial charge in [0.05, 0.1) is 23.3 Å². The molecule has 1 aliphatic rings. The Hall–Kier alpha value is -3.46. The molecular weight excluding hydrogens is 657 g/mol. The van der Waals surface area contributed by atoms with Crippen LogP contribution in [0.5, 0.6) is 11.5 Å². The fourth-order valence-corrected chi connectivity index (χ4v) is 5.78. The van der Waals surface area contributed by atoms with Crippen molar-refractivity contribution in [1.82, 2.24) is 15.2 Å². The first-order valence-electron chi connectivity index (χ1n) is 13.4. The Balaban J connectivity index is 1.67. The number of aromatic nitrogens is 1. The van der Waals surface area contributed by atoms with Crippen molar-refractivity contribution >= 4 is 51.6 Å². The zero-order valence-corrected chi connectivity index (χ0v) is 25.5. The average molecular weight is 692 g/mol. The Kier molecular flexibility index (Phi) is 11.0. The second kappa shape index (κ2) is 14.6. The van der Waals surface area contributed by atoms with Gasteiger partial charge >= 0.3 is 0 Å². The molecule has 42 heavy (non-hydrogen) atoms. The molecule has 3 aromatic rings. The summed E-state index contributed by atoms with van der Waals surface area (Å²) in [4.78, 5) is 42.7. The van der Waals surface area contributed by atoms with Crippen molar-refractivity contribution in [1.29, 1.82) is 0 Å². The standard InChI is InChI=1S/C30H34IN3O8/c1-40-17-27(37)34(9-7-21-13-19-5-3-4-6-23(19)33-21)24-14-20(30(39)32-8-10-35)15-25(28(24)38)42-29-22(31)11-18(16-36)12-26(29)41-2/h3-6,11-13,15-16,24-25,28,33,35,38H,7-10,14,17H2,1-2H3,(H,32,39)/t24-,25+,28+/m1/s1. The van der Waals surface area contributed by atoms with Crippen LogP contribution in [0.2, 0.25) is 0 Å². The second-order valence-electron chi connectivity index (χ2n) is 9.82. The van der Waals surface area contributed by atoms with E-state index in [1.165, 1.54) is 31.3 Å². The number of aromatic amines is 1. The molecule has 0 fully saturated rings. The van der Waals surface area contributed by atoms with Crippen LogP contribution < -0.4 is 14.8 Å². The third kappa shape index (κ3) is 7.30. The number of nitrogens with one attached hydrogen (secondary N) is 2. The van der Waals surface area contributed by atoms with Crippen molar-refractivity contribution in [2.75, 3.05) is 40.5 Å². The molecule has 0 unspecified atom stereocenters. The molecule has 0 saturated carbocycles. The van der Waals surface area contributed by atoms with Crippen molar-refractivity contribution < 1.29 is 38.8 Å². The van der Waals surface area contributed by atoms with Crippen LogP contribution in [0.4, 0.5) is 0 Å². The van der Waals surface area contributed by atoms with Gasteiger partial charge in [-0.1, -0.05) is 18.2 Å². The van der Waals surface area contributed by atoms with E-state index in [1.807, 2.05) is 52.9 Å². The molecule has 3 atom stereocenters. The fraction of sp³-hybridized carbons (Fsp3) is 0.367. The number of carbonyl (C=O) groups is 3. The third-order valence-electron chi connectivity index (χ3n) is 7.05. The zero-order valence-electron chi connectivity index (χ0n) is 23.3. The van der Waals surface area contributed by atoms with Gasteiger partial charge in [-0.05, 0) is 58.3 Å². The number of ether oxygens (including phenoxy) is 3. The number of aliphatic hydroxyl groups excluding tert-OH is 2. The van der Waals surface area contributed by atoms with Gasteiger partial charge in [0.1, 0.15) is 25.1 Å². The highest BCUT2D eigenvalue weighted by molar-refractivity contribution is 14.1. The normalized spacial score (nSPS) is 18.3. The summed E-state index contributed by atoms with van der Waals surface area (Å²) in [5.41, 5.74) is 2.57. The lowest BCUT2D eigenvalue weighted by Gasteiger charge is -2.40. The Labute approximate surface area is 257 Å². The van der Waals surface area contributed by atoms with Gasteiger partial charge in [-0.3, -0.25) is 14.4 Å². The number of aldehydes is 1. The summed E-state index contributed by atoms with van der Waals surface area (Å²) < 4.78 is 17.4. The van der Waals surface area contributed by atoms with Crippen LogP contribution in [0.25, 0.3) is 10.9 Å². The smallest absolute Gasteiger partial charge is 0.248 e. The minimum absolute atomic E-state index is 0.0422. The summed E-state index contributed by atoms with van der Waals surface area (Å²) in [6.45, 7) is -0.174. The van der Waals surface area contributed by atoms with Crippen molar-refractivity contribution in [3.05, 3.63) is 68.9 Å². The first-order chi connectivity index (χ1) is 20.3. The summed E-state index contributed by atoms with van der Waals surface area (Å²) >= 11 is 2.01. The highest BCUT2D eigenvalue weighted by Gasteiger charge is 2.41. The number of halogens is 1. The molecule has 4 N–H and O–H groups in total. The molecular formula is C30H34IN3O8. The van der Waals surface area contributed by atoms with E-state index in [2.05, 4.69) is 10.3 Å². The number of hydrogen-bond donors (Lipinski definition) is 4. The van der Waals surface area contributed by atoms with Crippen LogP contribution in [-0.2, 0) is 20.7 Å². The molecule has 0 spiro atoms. The van der Waals surface area contributed by atoms with E-state index in [9.17, 15) is 24.6 Å². The Morgan fingerprint density at radius 1 is 1.21 bits per heavy atom. The lowest BCUT2D eigenvalue weighted by Crippen LogP contribution is -2.56. The van der Waals surface area contributed by atoms with E-state index in [-0.39, 0.29) is 50.1 Å². The molecule has 0 saturated heterocycles. The molecule has 11 nitrogen and oxygen atoms in total. The molecule has 2 amide bonds. The van der Waals surface area contributed by atoms with Crippen LogP contribution in [0.15, 0.2) is 54.1 Å². The van der Waals surface area contributed by atoms with E-state index in [0.29, 0.717) is 27.4 Å². The topological polar surface area (TPSA) is 150 Å². The van der Waals surface area contributed by atoms with Crippen LogP contribution in [0.1, 0.15) is 22.5 Å². The lowest BCUT2D eigenvalue weighted by molar-refractivity contribution is -0.142. The van der Waals surface area contributed by atoms with Gasteiger partial charge in [-0.15, -0.1) is 0 Å². The molecule has 12 heteroatoms. The van der Waals surface area contributed by atoms with Crippen molar-refractivity contribution in [2.45, 2.75) is 31.1 Å². The van der Waals surface area contributed by atoms with Crippen LogP contribution in [0.3, 0.4) is 0 Å². The maximum atomic E-state index is 13.4. The van der Waals surface area contributed by atoms with Crippen molar-refractivity contribution in [2.24, 2.45) is 0 Å². The number of aliphatic hydroxyl groups is 2. The van der Waals surface area contributed by atoms with E-state index >= 15 is 0 Å². The van der Waals surface area contributed by atoms with Gasteiger partial charge in [0.2, 0.25) is 11.8 Å². The first-order valence-corrected chi connectivity index (χ1v) is 14.5. The number of para-hydroxylation sites is 1. The van der Waals surface area contributed by atoms with Crippen molar-refractivity contribution in [3.8, 4) is 11.5 Å². The molecule has 4 rings (SSSR count). The predicted octanol–water partition coefficient (Wildman–Crippen LogP) is 2.23. The largest absolute Gasteiger partial charge is 0.493 e. The van der Waals surface area contributed by atoms with Crippen molar-refractivity contribution in [3.63, 3.8) is 0 Å². The fourth-order valence-electron chi connectivity index (χ4n) is 5.03. The summed E-state index contributed by atoms with van der Waals surface area (Å²) in [5, 5.41) is 24.6. The van der Waals surface area contributed by atoms with E-state index < -0.39 is 24.2 Å². The van der Waals surface area contributed by atoms with Gasteiger partial charge in [0.25, 0.3) is 0 Å². The summed E-state index contributed by atoms with van der Waals surface area (Å²) in [6, 6.07) is 12.2. The van der Waals surface area contributed by atoms with Crippen LogP contribution in [-0.4, -0.2) is 97.0 Å². The SMILES string of the molecule is COCC(=O)N(CCc1cc2ccccc2[nH]1)[C@@H]1CC(C(=O)NCCO)=C[C@H](Oc2c(I)cc(C=O)cc2OC)[C@H]1O. The summed E-state index contributed by atoms with van der Waals surface area (Å²) in [5.74, 6) is -0.227. The van der Waals surface area contributed by atoms with Crippen LogP contribution >= 0.6 is 22.6 Å². The van der Waals surface area contributed by atoms with E-state index in [1.54, 1.807) is 6.07 Å². The molecule has 1 aromatic heterocycles. The zero-order chi connectivity index (χ0) is 30.2. The molecule has 0 aliphatic heterocycles. The number of H-pyrrole nitrogens is 1. The number of fused-ring (bicyclic) bond motifs is 1. The Bertz CT molecular complexity index is 1420. The number of nitrogens with zero attached hydrogens (tertiary/aromatic N) is 1. The maximum Gasteiger partial charge on any atom is 0.248 e. The number of methoxy groups -OCH3 is 2. The summed E-state index contributed by atoms with van der Waals surface area (Å²) in [6.07, 6.45) is 0.457. The molecule has 1 heterocycles. The minimum atomic E-state index is -1.23. The number of benzene rings is 2. The molecule has 0 bridgehead atoms. The quantitative estimate of drug-likeness (QED) is 0.158. The monoisotopic (exact) mass is 691 g/mol. The van der Waals surface area contributed by atoms with Gasteiger partial charge in [0.15, 0.2) is 11.5 Å². The Morgan fingerprint density at radius 3 is 2.69 bits per heavy atom. The second-order valence-corrected chi connectivity index (χ2v) is 11.0. The van der Waals surface area contributed by atoms with E-state index in [0.717, 1.165) is 16.6 Å². The summed E-state index contributed by atoms with van der Waals surface area (Å²) in [7, 11) is 2.85. The highest BCUT2D eigenvalue weighted by Crippen LogP contribution is 2.37. The minimum Gasteiger partial charge on any atom is -0.493 e. The van der Waals surface area contributed by atoms with Gasteiger partial charge in [-0.2, -0.15) is 0 Å². The van der Waals surface area contributed by atoms with Gasteiger partial charge in [-0.25, -0.2) is 0 Å². The third-order valence-corrected chi connectivity index (χ3v) is 7.85. The average Bonchev–Trinajstić information content (AvgIpc) is 3.41. The number of rotatable bonds is 13. The molecule has 2 aromatic carbocycles. The highest BCUT2D eigenvalue weighted by atomic mass is 127. The predicted molar refractivity (Wildman–Crippen MR) is 164 cm³/mol. The number of hydrogen-bond acceptors (Lipinski definition) is 8. The molecule has 224 valence electrons.